The van der Waals surface area contributed by atoms with Gasteiger partial charge in [0.05, 0.1) is 13.2 Å². The smallest absolute Gasteiger partial charge is 0.385 e. The minimum absolute atomic E-state index is 0.104. The Morgan fingerprint density at radius 1 is 1.17 bits per heavy atom. The highest BCUT2D eigenvalue weighted by atomic mass is 31.3. The van der Waals surface area contributed by atoms with Crippen LogP contribution in [0.5, 0.6) is 0 Å². The van der Waals surface area contributed by atoms with E-state index < -0.39 is 65.4 Å². The molecule has 0 amide bonds. The van der Waals surface area contributed by atoms with Crippen LogP contribution in [-0.4, -0.2) is 65.3 Å². The summed E-state index contributed by atoms with van der Waals surface area (Å²) in [5.41, 5.74) is -3.08. The fraction of sp³-hybridized carbons (Fsp3) is 0.600. The molecule has 6 atom stereocenters. The predicted molar refractivity (Wildman–Crippen MR) is 89.7 cm³/mol. The summed E-state index contributed by atoms with van der Waals surface area (Å²) in [5.74, 6) is 0. The van der Waals surface area contributed by atoms with Crippen molar-refractivity contribution in [2.75, 3.05) is 13.2 Å². The Kier molecular flexibility index (Phi) is 6.17. The summed E-state index contributed by atoms with van der Waals surface area (Å²) in [6, 6.07) is 0.983. The third-order valence-corrected chi connectivity index (χ3v) is 7.83. The molecule has 0 aromatic carbocycles. The van der Waals surface area contributed by atoms with Crippen LogP contribution in [-0.2, 0) is 36.3 Å². The maximum absolute atomic E-state index is 11.9. The average Bonchev–Trinajstić information content (AvgIpc) is 3.28. The zero-order valence-electron chi connectivity index (χ0n) is 14.4. The molecule has 6 N–H and O–H groups in total. The number of H-pyrrole nitrogens is 1. The fourth-order valence-electron chi connectivity index (χ4n) is 2.72. The van der Waals surface area contributed by atoms with Crippen molar-refractivity contribution in [2.45, 2.75) is 24.0 Å². The second kappa shape index (κ2) is 7.83. The summed E-state index contributed by atoms with van der Waals surface area (Å²) in [7, 11) is -16.7. The van der Waals surface area contributed by atoms with Crippen LogP contribution in [0.1, 0.15) is 6.23 Å². The van der Waals surface area contributed by atoms with Gasteiger partial charge in [-0.2, -0.15) is 8.62 Å². The van der Waals surface area contributed by atoms with Gasteiger partial charge in [0, 0.05) is 12.3 Å². The maximum Gasteiger partial charge on any atom is 0.490 e. The molecule has 2 fully saturated rings. The number of aliphatic hydroxyl groups excluding tert-OH is 1. The number of aromatic amines is 1. The van der Waals surface area contributed by atoms with Gasteiger partial charge in [-0.1, -0.05) is 0 Å². The Balaban J connectivity index is 1.70. The molecule has 1 aromatic heterocycles. The highest BCUT2D eigenvalue weighted by molar-refractivity contribution is 7.66. The minimum atomic E-state index is -5.70. The fourth-order valence-corrected chi connectivity index (χ4v) is 5.74. The van der Waals surface area contributed by atoms with Gasteiger partial charge in [0.15, 0.2) is 11.8 Å². The Bertz CT molecular complexity index is 1070. The van der Waals surface area contributed by atoms with Crippen LogP contribution in [0.15, 0.2) is 21.9 Å². The number of nitrogens with one attached hydrogen (secondary N) is 1. The highest BCUT2D eigenvalue weighted by Crippen LogP contribution is 2.66. The monoisotopic (exact) mass is 496 g/mol. The lowest BCUT2D eigenvalue weighted by molar-refractivity contribution is -0.0531. The zero-order valence-corrected chi connectivity index (χ0v) is 17.1. The molecule has 2 aliphatic rings. The standard InChI is InChI=1S/C10H15N2O15P3/c13-6-1-2-12(9(15)11-6)8-7(14)10(4-23-10)5(25-8)3-24-29(19,20)27-30(21,22)26-28(16,17)18/h1-2,5,7-8,14H,3-4H2,(H,19,20)(H,21,22)(H,11,13,15)(H2,16,17,18)/t5-,7+,8-,10-/m1/s1. The van der Waals surface area contributed by atoms with Crippen molar-refractivity contribution in [3.63, 3.8) is 0 Å². The van der Waals surface area contributed by atoms with Gasteiger partial charge in [0.2, 0.25) is 0 Å². The van der Waals surface area contributed by atoms with Crippen LogP contribution in [0.2, 0.25) is 0 Å². The summed E-state index contributed by atoms with van der Waals surface area (Å²) in [6.45, 7) is -0.984. The number of epoxide rings is 1. The number of aliphatic hydroxyl groups is 1. The first-order valence-corrected chi connectivity index (χ1v) is 12.2. The summed E-state index contributed by atoms with van der Waals surface area (Å²) in [5, 5.41) is 10.4. The Hall–Kier alpha value is -1.03. The van der Waals surface area contributed by atoms with Gasteiger partial charge in [0.25, 0.3) is 5.56 Å². The topological polar surface area (TPSA) is 257 Å². The molecular formula is C10H15N2O15P3. The molecule has 2 saturated heterocycles. The Morgan fingerprint density at radius 2 is 1.80 bits per heavy atom. The number of rotatable bonds is 8. The number of aromatic nitrogens is 2. The van der Waals surface area contributed by atoms with Gasteiger partial charge < -0.3 is 34.2 Å². The van der Waals surface area contributed by atoms with Crippen molar-refractivity contribution in [3.05, 3.63) is 33.1 Å². The summed E-state index contributed by atoms with van der Waals surface area (Å²) in [6.07, 6.45) is -3.11. The van der Waals surface area contributed by atoms with E-state index in [0.29, 0.717) is 0 Å². The molecule has 20 heteroatoms. The number of ether oxygens (including phenoxy) is 2. The van der Waals surface area contributed by atoms with Gasteiger partial charge in [0.1, 0.15) is 12.2 Å². The number of nitrogens with zero attached hydrogens (tertiary/aromatic N) is 1. The zero-order chi connectivity index (χ0) is 22.5. The van der Waals surface area contributed by atoms with Crippen molar-refractivity contribution >= 4 is 23.5 Å². The number of phosphoric acid groups is 3. The summed E-state index contributed by atoms with van der Waals surface area (Å²) in [4.78, 5) is 60.6. The second-order valence-electron chi connectivity index (χ2n) is 6.11. The van der Waals surface area contributed by atoms with Crippen LogP contribution in [0.25, 0.3) is 0 Å². The molecule has 0 aliphatic carbocycles. The molecule has 170 valence electrons. The van der Waals surface area contributed by atoms with E-state index in [1.807, 2.05) is 4.98 Å². The lowest BCUT2D eigenvalue weighted by atomic mass is 9.99. The van der Waals surface area contributed by atoms with Crippen LogP contribution >= 0.6 is 23.5 Å². The largest absolute Gasteiger partial charge is 0.490 e. The number of hydrogen-bond acceptors (Lipinski definition) is 11. The lowest BCUT2D eigenvalue weighted by Crippen LogP contribution is -2.40. The van der Waals surface area contributed by atoms with E-state index in [1.165, 1.54) is 0 Å². The molecule has 1 aromatic rings. The SMILES string of the molecule is O=c1ccn([C@@H]2O[C@H](COP(=O)(O)OP(=O)(O)OP(=O)(O)O)[C@]3(CO3)[C@H]2O)c(=O)[nH]1. The van der Waals surface area contributed by atoms with Gasteiger partial charge in [-0.3, -0.25) is 18.9 Å². The number of hydrogen-bond donors (Lipinski definition) is 6. The molecule has 0 radical (unpaired) electrons. The van der Waals surface area contributed by atoms with Gasteiger partial charge in [-0.25, -0.2) is 18.5 Å². The molecular weight excluding hydrogens is 481 g/mol. The second-order valence-corrected chi connectivity index (χ2v) is 10.5. The summed E-state index contributed by atoms with van der Waals surface area (Å²) < 4.78 is 56.8. The maximum atomic E-state index is 11.9. The Morgan fingerprint density at radius 3 is 2.33 bits per heavy atom. The molecule has 1 spiro atoms. The van der Waals surface area contributed by atoms with E-state index in [2.05, 4.69) is 13.1 Å². The average molecular weight is 496 g/mol. The summed E-state index contributed by atoms with van der Waals surface area (Å²) >= 11 is 0. The van der Waals surface area contributed by atoms with E-state index in [1.54, 1.807) is 0 Å². The van der Waals surface area contributed by atoms with Crippen LogP contribution in [0.3, 0.4) is 0 Å². The van der Waals surface area contributed by atoms with E-state index in [9.17, 15) is 33.3 Å². The quantitative estimate of drug-likeness (QED) is 0.166. The molecule has 0 bridgehead atoms. The van der Waals surface area contributed by atoms with E-state index in [4.69, 9.17) is 24.2 Å². The van der Waals surface area contributed by atoms with E-state index in [0.717, 1.165) is 16.8 Å². The molecule has 3 rings (SSSR count). The van der Waals surface area contributed by atoms with Crippen molar-refractivity contribution in [1.29, 1.82) is 0 Å². The lowest BCUT2D eigenvalue weighted by Gasteiger charge is -2.19. The third-order valence-electron chi connectivity index (χ3n) is 4.03. The van der Waals surface area contributed by atoms with Crippen molar-refractivity contribution in [1.82, 2.24) is 9.55 Å². The first kappa shape index (κ1) is 23.6. The van der Waals surface area contributed by atoms with Gasteiger partial charge in [-0.15, -0.1) is 0 Å². The van der Waals surface area contributed by atoms with Crippen molar-refractivity contribution in [3.8, 4) is 0 Å². The van der Waals surface area contributed by atoms with E-state index in [-0.39, 0.29) is 6.61 Å². The highest BCUT2D eigenvalue weighted by Gasteiger charge is 2.66. The van der Waals surface area contributed by atoms with Gasteiger partial charge in [-0.05, 0) is 0 Å². The molecule has 2 aliphatic heterocycles. The van der Waals surface area contributed by atoms with Crippen molar-refractivity contribution < 1.29 is 61.0 Å². The first-order chi connectivity index (χ1) is 13.6. The van der Waals surface area contributed by atoms with Crippen molar-refractivity contribution in [2.24, 2.45) is 0 Å². The van der Waals surface area contributed by atoms with E-state index >= 15 is 0 Å². The third kappa shape index (κ3) is 5.23. The Labute approximate surface area is 165 Å². The molecule has 3 heterocycles. The number of phosphoric ester groups is 1. The first-order valence-electron chi connectivity index (χ1n) is 7.71. The molecule has 17 nitrogen and oxygen atoms in total. The molecule has 30 heavy (non-hydrogen) atoms. The van der Waals surface area contributed by atoms with Crippen LogP contribution in [0.4, 0.5) is 0 Å². The minimum Gasteiger partial charge on any atom is -0.385 e. The van der Waals surface area contributed by atoms with Gasteiger partial charge >= 0.3 is 29.2 Å². The predicted octanol–water partition coefficient (Wildman–Crippen LogP) is -2.09. The van der Waals surface area contributed by atoms with Crippen LogP contribution in [0, 0.1) is 0 Å². The molecule has 2 unspecified atom stereocenters. The van der Waals surface area contributed by atoms with Crippen LogP contribution < -0.4 is 11.2 Å². The normalized spacial score (nSPS) is 32.6. The molecule has 0 saturated carbocycles.